The highest BCUT2D eigenvalue weighted by Crippen LogP contribution is 2.38. The Morgan fingerprint density at radius 1 is 1.42 bits per heavy atom. The number of hydrogen-bond donors (Lipinski definition) is 1. The second-order valence-electron chi connectivity index (χ2n) is 4.49. The highest BCUT2D eigenvalue weighted by Gasteiger charge is 2.23. The van der Waals surface area contributed by atoms with Crippen LogP contribution in [0.25, 0.3) is 0 Å². The van der Waals surface area contributed by atoms with E-state index in [0.29, 0.717) is 17.3 Å². The van der Waals surface area contributed by atoms with Crippen molar-refractivity contribution in [3.05, 3.63) is 52.6 Å². The summed E-state index contributed by atoms with van der Waals surface area (Å²) in [6, 6.07) is 6.70. The van der Waals surface area contributed by atoms with Crippen molar-refractivity contribution in [1.82, 2.24) is 4.98 Å². The van der Waals surface area contributed by atoms with Crippen LogP contribution >= 0.6 is 11.6 Å². The van der Waals surface area contributed by atoms with Crippen LogP contribution in [-0.2, 0) is 0 Å². The minimum Gasteiger partial charge on any atom is -0.480 e. The summed E-state index contributed by atoms with van der Waals surface area (Å²) in [6.45, 7) is 2.51. The van der Waals surface area contributed by atoms with Gasteiger partial charge in [-0.2, -0.15) is 0 Å². The Hall–Kier alpha value is -1.81. The number of aromatic nitrogens is 1. The largest absolute Gasteiger partial charge is 0.480 e. The molecule has 1 atom stereocenters. The van der Waals surface area contributed by atoms with Crippen molar-refractivity contribution in [3.8, 4) is 5.75 Å². The first-order valence-electron chi connectivity index (χ1n) is 5.95. The van der Waals surface area contributed by atoms with Gasteiger partial charge in [0.1, 0.15) is 11.6 Å². The van der Waals surface area contributed by atoms with Gasteiger partial charge in [-0.05, 0) is 36.8 Å². The number of nitrogens with zero attached hydrogens (tertiary/aromatic N) is 1. The van der Waals surface area contributed by atoms with E-state index < -0.39 is 0 Å². The molecule has 0 spiro atoms. The molecule has 3 rings (SSSR count). The van der Waals surface area contributed by atoms with E-state index in [1.54, 1.807) is 6.07 Å². The molecule has 0 saturated carbocycles. The summed E-state index contributed by atoms with van der Waals surface area (Å²) in [4.78, 5) is 4.06. The van der Waals surface area contributed by atoms with Crippen molar-refractivity contribution in [2.24, 2.45) is 0 Å². The number of pyridine rings is 1. The third-order valence-electron chi connectivity index (χ3n) is 3.06. The first-order chi connectivity index (χ1) is 9.13. The normalized spacial score (nSPS) is 17.3. The topological polar surface area (TPSA) is 34.1 Å². The zero-order valence-corrected chi connectivity index (χ0v) is 11.0. The highest BCUT2D eigenvalue weighted by molar-refractivity contribution is 6.31. The van der Waals surface area contributed by atoms with Gasteiger partial charge in [0.05, 0.1) is 24.1 Å². The molecule has 1 aromatic heterocycles. The maximum absolute atomic E-state index is 12.9. The van der Waals surface area contributed by atoms with Gasteiger partial charge in [-0.25, -0.2) is 4.39 Å². The molecule has 98 valence electrons. The molecule has 0 radical (unpaired) electrons. The van der Waals surface area contributed by atoms with Crippen LogP contribution < -0.4 is 10.1 Å². The molecular weight excluding hydrogens is 267 g/mol. The second-order valence-corrected chi connectivity index (χ2v) is 4.92. The van der Waals surface area contributed by atoms with Crippen LogP contribution in [0.2, 0.25) is 5.02 Å². The summed E-state index contributed by atoms with van der Waals surface area (Å²) in [6.07, 6.45) is 0.969. The smallest absolute Gasteiger partial charge is 0.158 e. The van der Waals surface area contributed by atoms with Crippen molar-refractivity contribution in [1.29, 1.82) is 0 Å². The van der Waals surface area contributed by atoms with E-state index in [1.165, 1.54) is 12.3 Å². The van der Waals surface area contributed by atoms with Crippen molar-refractivity contribution < 1.29 is 9.13 Å². The first-order valence-corrected chi connectivity index (χ1v) is 6.33. The van der Waals surface area contributed by atoms with Gasteiger partial charge in [0.2, 0.25) is 0 Å². The Morgan fingerprint density at radius 3 is 3.00 bits per heavy atom. The third kappa shape index (κ3) is 2.36. The van der Waals surface area contributed by atoms with E-state index in [0.717, 1.165) is 17.0 Å². The standard InChI is InChI=1S/C14H12ClFN2O/c1-8-4-9(15)5-12-14(8)19-13(7-18-12)11-3-2-10(16)6-17-11/h2-6,13,18H,7H2,1H3. The van der Waals surface area contributed by atoms with Crippen LogP contribution in [0.3, 0.4) is 0 Å². The van der Waals surface area contributed by atoms with E-state index in [2.05, 4.69) is 10.3 Å². The monoisotopic (exact) mass is 278 g/mol. The number of rotatable bonds is 1. The van der Waals surface area contributed by atoms with Gasteiger partial charge in [0.15, 0.2) is 6.10 Å². The lowest BCUT2D eigenvalue weighted by Gasteiger charge is -2.28. The van der Waals surface area contributed by atoms with E-state index in [-0.39, 0.29) is 11.9 Å². The Morgan fingerprint density at radius 2 is 2.26 bits per heavy atom. The molecule has 1 aromatic carbocycles. The van der Waals surface area contributed by atoms with Crippen LogP contribution in [0.5, 0.6) is 5.75 Å². The minimum atomic E-state index is -0.351. The van der Waals surface area contributed by atoms with E-state index in [1.807, 2.05) is 19.1 Å². The van der Waals surface area contributed by atoms with E-state index >= 15 is 0 Å². The number of benzene rings is 1. The maximum atomic E-state index is 12.9. The molecule has 3 nitrogen and oxygen atoms in total. The molecule has 5 heteroatoms. The fraction of sp³-hybridized carbons (Fsp3) is 0.214. The summed E-state index contributed by atoms with van der Waals surface area (Å²) in [5.41, 5.74) is 2.54. The van der Waals surface area contributed by atoms with E-state index in [9.17, 15) is 4.39 Å². The fourth-order valence-electron chi connectivity index (χ4n) is 2.15. The van der Waals surface area contributed by atoms with Gasteiger partial charge < -0.3 is 10.1 Å². The van der Waals surface area contributed by atoms with Gasteiger partial charge in [-0.1, -0.05) is 11.6 Å². The van der Waals surface area contributed by atoms with E-state index in [4.69, 9.17) is 16.3 Å². The first kappa shape index (κ1) is 12.2. The number of nitrogens with one attached hydrogen (secondary N) is 1. The van der Waals surface area contributed by atoms with Gasteiger partial charge in [-0.3, -0.25) is 4.98 Å². The van der Waals surface area contributed by atoms with Gasteiger partial charge >= 0.3 is 0 Å². The van der Waals surface area contributed by atoms with Crippen LogP contribution in [0.4, 0.5) is 10.1 Å². The molecule has 0 bridgehead atoms. The number of aryl methyl sites for hydroxylation is 1. The van der Waals surface area contributed by atoms with Crippen LogP contribution in [0, 0.1) is 12.7 Å². The third-order valence-corrected chi connectivity index (χ3v) is 3.28. The Balaban J connectivity index is 1.92. The predicted molar refractivity (Wildman–Crippen MR) is 72.2 cm³/mol. The molecule has 19 heavy (non-hydrogen) atoms. The van der Waals surface area contributed by atoms with Crippen LogP contribution in [0.1, 0.15) is 17.4 Å². The fourth-order valence-corrected chi connectivity index (χ4v) is 2.42. The van der Waals surface area contributed by atoms with Crippen LogP contribution in [-0.4, -0.2) is 11.5 Å². The van der Waals surface area contributed by atoms with Gasteiger partial charge in [0.25, 0.3) is 0 Å². The highest BCUT2D eigenvalue weighted by atomic mass is 35.5. The molecule has 0 fully saturated rings. The van der Waals surface area contributed by atoms with Crippen LogP contribution in [0.15, 0.2) is 30.5 Å². The molecule has 2 heterocycles. The molecule has 0 saturated heterocycles. The molecule has 0 aliphatic carbocycles. The molecule has 1 N–H and O–H groups in total. The summed E-state index contributed by atoms with van der Waals surface area (Å²) in [5, 5.41) is 3.94. The van der Waals surface area contributed by atoms with Crippen molar-refractivity contribution in [2.75, 3.05) is 11.9 Å². The molecule has 2 aromatic rings. The molecule has 1 unspecified atom stereocenters. The lowest BCUT2D eigenvalue weighted by atomic mass is 10.1. The number of fused-ring (bicyclic) bond motifs is 1. The van der Waals surface area contributed by atoms with Gasteiger partial charge in [0, 0.05) is 5.02 Å². The van der Waals surface area contributed by atoms with Crippen molar-refractivity contribution >= 4 is 17.3 Å². The summed E-state index contributed by atoms with van der Waals surface area (Å²) >= 11 is 6.00. The molecule has 0 amide bonds. The molecule has 1 aliphatic rings. The zero-order valence-electron chi connectivity index (χ0n) is 10.3. The Kier molecular flexibility index (Phi) is 3.03. The Labute approximate surface area is 115 Å². The van der Waals surface area contributed by atoms with Gasteiger partial charge in [-0.15, -0.1) is 0 Å². The quantitative estimate of drug-likeness (QED) is 0.863. The maximum Gasteiger partial charge on any atom is 0.158 e. The lowest BCUT2D eigenvalue weighted by molar-refractivity contribution is 0.204. The Bertz CT molecular complexity index is 616. The molecular formula is C14H12ClFN2O. The minimum absolute atomic E-state index is 0.229. The number of hydrogen-bond acceptors (Lipinski definition) is 3. The number of anilines is 1. The molecule has 1 aliphatic heterocycles. The average Bonchev–Trinajstić information content (AvgIpc) is 2.39. The number of ether oxygens (including phenoxy) is 1. The average molecular weight is 279 g/mol. The lowest BCUT2D eigenvalue weighted by Crippen LogP contribution is -2.24. The summed E-state index contributed by atoms with van der Waals surface area (Å²) in [5.74, 6) is 0.419. The second kappa shape index (κ2) is 4.70. The summed E-state index contributed by atoms with van der Waals surface area (Å²) < 4.78 is 18.8. The SMILES string of the molecule is Cc1cc(Cl)cc2c1OC(c1ccc(F)cn1)CN2. The predicted octanol–water partition coefficient (Wildman–Crippen LogP) is 3.73. The van der Waals surface area contributed by atoms with Crippen molar-refractivity contribution in [3.63, 3.8) is 0 Å². The summed E-state index contributed by atoms with van der Waals surface area (Å²) in [7, 11) is 0. The number of halogens is 2. The zero-order chi connectivity index (χ0) is 13.4. The van der Waals surface area contributed by atoms with Crippen molar-refractivity contribution in [2.45, 2.75) is 13.0 Å².